The second kappa shape index (κ2) is 12.3. The summed E-state index contributed by atoms with van der Waals surface area (Å²) < 4.78 is 41.6. The van der Waals surface area contributed by atoms with Crippen LogP contribution >= 0.6 is 6.64 Å². The predicted molar refractivity (Wildman–Crippen MR) is 166 cm³/mol. The lowest BCUT2D eigenvalue weighted by Gasteiger charge is -2.29. The summed E-state index contributed by atoms with van der Waals surface area (Å²) in [6, 6.07) is 12.2. The number of hydrogen-bond acceptors (Lipinski definition) is 11. The van der Waals surface area contributed by atoms with Crippen LogP contribution in [0.15, 0.2) is 48.8 Å². The lowest BCUT2D eigenvalue weighted by Crippen LogP contribution is -2.37. The van der Waals surface area contributed by atoms with E-state index in [9.17, 15) is 4.79 Å². The summed E-state index contributed by atoms with van der Waals surface area (Å²) in [6.07, 6.45) is 0.413. The maximum absolute atomic E-state index is 16.4. The van der Waals surface area contributed by atoms with Gasteiger partial charge in [0.2, 0.25) is 11.8 Å². The quantitative estimate of drug-likeness (QED) is 0.150. The van der Waals surface area contributed by atoms with Gasteiger partial charge in [0.1, 0.15) is 24.6 Å². The molecule has 0 radical (unpaired) electrons. The number of esters is 1. The predicted octanol–water partition coefficient (Wildman–Crippen LogP) is 5.07. The summed E-state index contributed by atoms with van der Waals surface area (Å²) in [6.45, 7) is 2.83. The van der Waals surface area contributed by atoms with Crippen LogP contribution in [0, 0.1) is 5.92 Å². The molecule has 2 aromatic heterocycles. The number of aromatic nitrogens is 4. The van der Waals surface area contributed by atoms with Crippen molar-refractivity contribution in [1.29, 1.82) is 0 Å². The molecule has 0 aliphatic carbocycles. The van der Waals surface area contributed by atoms with Gasteiger partial charge in [0.25, 0.3) is 0 Å². The van der Waals surface area contributed by atoms with E-state index in [1.54, 1.807) is 38.5 Å². The Morgan fingerprint density at radius 3 is 2.74 bits per heavy atom. The number of hydrogen-bond donors (Lipinski definition) is 3. The van der Waals surface area contributed by atoms with E-state index in [1.807, 2.05) is 43.3 Å². The third kappa shape index (κ3) is 6.73. The number of rotatable bonds is 11. The molecule has 5 atom stereocenters. The molecule has 4 N–H and O–H groups in total. The van der Waals surface area contributed by atoms with Crippen LogP contribution < -0.4 is 20.7 Å². The van der Waals surface area contributed by atoms with Crippen molar-refractivity contribution in [1.82, 2.24) is 24.6 Å². The number of nitrogens with zero attached hydrogens (tertiary/aromatic N) is 4. The van der Waals surface area contributed by atoms with E-state index in [4.69, 9.17) is 36.1 Å². The lowest BCUT2D eigenvalue weighted by atomic mass is 10.1. The number of halogens is 1. The molecule has 0 amide bonds. The van der Waals surface area contributed by atoms with Gasteiger partial charge in [-0.2, -0.15) is 9.97 Å². The minimum atomic E-state index is -3.55. The monoisotopic (exact) mass is 631 g/mol. The number of imidazole rings is 1. The minimum Gasteiger partial charge on any atom is -0.462 e. The van der Waals surface area contributed by atoms with Gasteiger partial charge in [-0.1, -0.05) is 43.3 Å². The average molecular weight is 632 g/mol. The lowest BCUT2D eigenvalue weighted by molar-refractivity contribution is -0.172. The Hall–Kier alpha value is -3.42. The highest BCUT2D eigenvalue weighted by Gasteiger charge is 2.48. The third-order valence-corrected chi connectivity index (χ3v) is 9.34. The molecule has 43 heavy (non-hydrogen) atoms. The molecule has 2 aromatic carbocycles. The van der Waals surface area contributed by atoms with Gasteiger partial charge in [0.05, 0.1) is 12.4 Å². The van der Waals surface area contributed by atoms with Gasteiger partial charge >= 0.3 is 12.6 Å². The molecule has 1 aliphatic rings. The van der Waals surface area contributed by atoms with Crippen LogP contribution in [-0.2, 0) is 30.6 Å². The van der Waals surface area contributed by atoms with E-state index in [0.29, 0.717) is 22.7 Å². The van der Waals surface area contributed by atoms with E-state index in [-0.39, 0.29) is 24.4 Å². The van der Waals surface area contributed by atoms with Crippen LogP contribution in [0.2, 0.25) is 0 Å². The first-order valence-electron chi connectivity index (χ1n) is 13.8. The van der Waals surface area contributed by atoms with Gasteiger partial charge in [-0.25, -0.2) is 14.5 Å². The van der Waals surface area contributed by atoms with Gasteiger partial charge in [-0.05, 0) is 44.0 Å². The molecule has 0 saturated carbocycles. The summed E-state index contributed by atoms with van der Waals surface area (Å²) in [5.41, 5.74) is 6.78. The number of ether oxygens (including phenoxy) is 2. The van der Waals surface area contributed by atoms with Crippen LogP contribution in [0.3, 0.4) is 0 Å². The molecule has 230 valence electrons. The number of alkyl halides is 1. The Balaban J connectivity index is 1.39. The smallest absolute Gasteiger partial charge is 0.323 e. The molecule has 15 heteroatoms. The Morgan fingerprint density at radius 2 is 2.00 bits per heavy atom. The molecule has 4 aromatic rings. The highest BCUT2D eigenvalue weighted by Crippen LogP contribution is 2.50. The number of nitrogen functional groups attached to an aromatic ring is 1. The normalized spacial score (nSPS) is 22.5. The molecule has 1 fully saturated rings. The average Bonchev–Trinajstić information content (AvgIpc) is 3.51. The van der Waals surface area contributed by atoms with Crippen molar-refractivity contribution >= 4 is 58.1 Å². The van der Waals surface area contributed by atoms with Crippen LogP contribution in [0.4, 0.5) is 16.2 Å². The summed E-state index contributed by atoms with van der Waals surface area (Å²) in [5, 5.41) is 7.63. The molecule has 1 saturated heterocycles. The second-order valence-corrected chi connectivity index (χ2v) is 13.9. The molecule has 1 aliphatic heterocycles. The fraction of sp³-hybridized carbons (Fsp3) is 0.429. The second-order valence-electron chi connectivity index (χ2n) is 10.8. The molecular weight excluding hydrogens is 596 g/mol. The zero-order valence-corrected chi connectivity index (χ0v) is 26.2. The topological polar surface area (TPSA) is 148 Å². The van der Waals surface area contributed by atoms with Crippen LogP contribution in [0.25, 0.3) is 21.9 Å². The van der Waals surface area contributed by atoms with Crippen LogP contribution in [-0.4, -0.2) is 57.1 Å². The van der Waals surface area contributed by atoms with E-state index in [0.717, 1.165) is 10.8 Å². The molecule has 0 spiro atoms. The Morgan fingerprint density at radius 1 is 1.26 bits per heavy atom. The van der Waals surface area contributed by atoms with Crippen molar-refractivity contribution in [3.8, 4) is 5.75 Å². The first kappa shape index (κ1) is 31.0. The number of nitrogens with one attached hydrogen (secondary N) is 2. The number of benzene rings is 2. The maximum Gasteiger partial charge on any atom is 0.323 e. The molecule has 12 nitrogen and oxygen atoms in total. The van der Waals surface area contributed by atoms with Crippen molar-refractivity contribution in [2.24, 2.45) is 5.92 Å². The standard InChI is InChI=1S/C28H35FN7O5PS/c1-16(2)39-26(37)18(4)35-42(43,41-21-12-8-10-19-9-6-7-11-20(19)21)38-14-28(29)13-17(3)25(40-28)36-15-32-22-23(31-5)33-27(30)34-24(22)36/h6-12,15-18,25H,13-14H2,1-5H3,(H,35,43)(H3,30,31,33,34)/t17-,18-,25+,28-,42?/m0/s1. The van der Waals surface area contributed by atoms with Crippen molar-refractivity contribution in [2.45, 2.75) is 58.3 Å². The van der Waals surface area contributed by atoms with Crippen molar-refractivity contribution < 1.29 is 27.7 Å². The van der Waals surface area contributed by atoms with E-state index in [2.05, 4.69) is 25.4 Å². The molecule has 5 rings (SSSR count). The number of fused-ring (bicyclic) bond motifs is 2. The summed E-state index contributed by atoms with van der Waals surface area (Å²) in [5.74, 6) is -2.15. The molecule has 3 heterocycles. The number of carbonyl (C=O) groups is 1. The highest BCUT2D eigenvalue weighted by atomic mass is 32.5. The molecule has 1 unspecified atom stereocenters. The number of carbonyl (C=O) groups excluding carboxylic acids is 1. The van der Waals surface area contributed by atoms with Gasteiger partial charge in [-0.3, -0.25) is 9.36 Å². The minimum absolute atomic E-state index is 0.00859. The van der Waals surface area contributed by atoms with E-state index in [1.165, 1.54) is 6.33 Å². The fourth-order valence-corrected chi connectivity index (χ4v) is 7.39. The van der Waals surface area contributed by atoms with Gasteiger partial charge < -0.3 is 29.6 Å². The van der Waals surface area contributed by atoms with Crippen molar-refractivity contribution in [3.63, 3.8) is 0 Å². The first-order chi connectivity index (χ1) is 20.4. The largest absolute Gasteiger partial charge is 0.462 e. The van der Waals surface area contributed by atoms with Crippen molar-refractivity contribution in [2.75, 3.05) is 24.7 Å². The SMILES string of the molecule is CNc1nc(N)nc2c1ncn2[C@@H]1O[C@](F)(COP(=S)(N[C@@H](C)C(=O)OC(C)C)Oc2cccc3ccccc23)C[C@@H]1C. The van der Waals surface area contributed by atoms with E-state index < -0.39 is 37.3 Å². The zero-order chi connectivity index (χ0) is 30.9. The number of nitrogens with two attached hydrogens (primary N) is 1. The summed E-state index contributed by atoms with van der Waals surface area (Å²) in [7, 11) is 1.70. The number of anilines is 2. The Labute approximate surface area is 253 Å². The van der Waals surface area contributed by atoms with Gasteiger partial charge in [0.15, 0.2) is 17.0 Å². The Kier molecular flexibility index (Phi) is 8.87. The van der Waals surface area contributed by atoms with Crippen LogP contribution in [0.1, 0.15) is 40.3 Å². The Bertz CT molecular complexity index is 1680. The first-order valence-corrected chi connectivity index (χ1v) is 16.5. The third-order valence-electron chi connectivity index (χ3n) is 6.87. The zero-order valence-electron chi connectivity index (χ0n) is 24.5. The molecular formula is C28H35FN7O5PS. The fourth-order valence-electron chi connectivity index (χ4n) is 4.98. The van der Waals surface area contributed by atoms with Gasteiger partial charge in [0, 0.05) is 24.8 Å². The summed E-state index contributed by atoms with van der Waals surface area (Å²) in [4.78, 5) is 25.5. The van der Waals surface area contributed by atoms with Crippen molar-refractivity contribution in [3.05, 3.63) is 48.8 Å². The highest BCUT2D eigenvalue weighted by molar-refractivity contribution is 8.09. The van der Waals surface area contributed by atoms with Crippen LogP contribution in [0.5, 0.6) is 5.75 Å². The maximum atomic E-state index is 16.4. The summed E-state index contributed by atoms with van der Waals surface area (Å²) >= 11 is 5.86. The van der Waals surface area contributed by atoms with Gasteiger partial charge in [-0.15, -0.1) is 0 Å². The van der Waals surface area contributed by atoms with E-state index >= 15 is 4.39 Å². The molecule has 0 bridgehead atoms.